The maximum absolute atomic E-state index is 13.5. The lowest BCUT2D eigenvalue weighted by atomic mass is 9.69. The molecule has 35 heavy (non-hydrogen) atoms. The molecular weight excluding hydrogens is 449 g/mol. The number of carbonyl (C=O) groups excluding carboxylic acids is 1. The molecule has 2 aromatic heterocycles. The number of likely N-dealkylation sites (tertiary alicyclic amines) is 1. The van der Waals surface area contributed by atoms with Gasteiger partial charge in [0.15, 0.2) is 0 Å². The van der Waals surface area contributed by atoms with Crippen molar-refractivity contribution in [1.29, 1.82) is 0 Å². The number of halogens is 1. The van der Waals surface area contributed by atoms with E-state index in [1.807, 2.05) is 31.6 Å². The first kappa shape index (κ1) is 23.0. The molecule has 0 radical (unpaired) electrons. The summed E-state index contributed by atoms with van der Waals surface area (Å²) in [5.41, 5.74) is 2.93. The fourth-order valence-corrected chi connectivity index (χ4v) is 4.71. The second kappa shape index (κ2) is 8.79. The van der Waals surface area contributed by atoms with Crippen molar-refractivity contribution in [3.8, 4) is 11.6 Å². The first-order valence-corrected chi connectivity index (χ1v) is 11.6. The van der Waals surface area contributed by atoms with Gasteiger partial charge in [0.05, 0.1) is 17.6 Å². The van der Waals surface area contributed by atoms with Crippen LogP contribution in [0, 0.1) is 11.2 Å². The summed E-state index contributed by atoms with van der Waals surface area (Å²) >= 11 is 0. The zero-order valence-corrected chi connectivity index (χ0v) is 20.1. The van der Waals surface area contributed by atoms with E-state index in [4.69, 9.17) is 9.47 Å². The number of benzene rings is 1. The van der Waals surface area contributed by atoms with E-state index in [9.17, 15) is 9.18 Å². The second-order valence-electron chi connectivity index (χ2n) is 10.1. The Morgan fingerprint density at radius 1 is 1.20 bits per heavy atom. The van der Waals surface area contributed by atoms with E-state index < -0.39 is 11.0 Å². The minimum atomic E-state index is -0.577. The average molecular weight is 478 g/mol. The molecule has 0 saturated carbocycles. The molecule has 1 aromatic carbocycles. The van der Waals surface area contributed by atoms with Crippen molar-refractivity contribution in [2.75, 3.05) is 19.7 Å². The molecule has 1 aliphatic heterocycles. The molecule has 1 aliphatic carbocycles. The van der Waals surface area contributed by atoms with Crippen LogP contribution < -0.4 is 4.74 Å². The topological polar surface area (TPSA) is 82.4 Å². The Hall–Kier alpha value is -3.75. The third kappa shape index (κ3) is 4.76. The Morgan fingerprint density at radius 2 is 2.00 bits per heavy atom. The normalized spacial score (nSPS) is 19.4. The number of amides is 1. The van der Waals surface area contributed by atoms with Crippen LogP contribution in [0.1, 0.15) is 38.4 Å². The predicted octanol–water partition coefficient (Wildman–Crippen LogP) is 4.45. The highest BCUT2D eigenvalue weighted by molar-refractivity contribution is 5.70. The van der Waals surface area contributed by atoms with E-state index in [0.717, 1.165) is 16.9 Å². The molecule has 8 nitrogen and oxygen atoms in total. The minimum Gasteiger partial charge on any atom is -0.476 e. The lowest BCUT2D eigenvalue weighted by Crippen LogP contribution is -2.53. The van der Waals surface area contributed by atoms with E-state index in [0.29, 0.717) is 38.4 Å². The van der Waals surface area contributed by atoms with Gasteiger partial charge in [-0.25, -0.2) is 13.9 Å². The number of rotatable bonds is 4. The van der Waals surface area contributed by atoms with Gasteiger partial charge in [-0.15, -0.1) is 5.10 Å². The van der Waals surface area contributed by atoms with Crippen molar-refractivity contribution in [3.05, 3.63) is 71.4 Å². The summed E-state index contributed by atoms with van der Waals surface area (Å²) in [4.78, 5) is 14.7. The quantitative estimate of drug-likeness (QED) is 0.552. The predicted molar refractivity (Wildman–Crippen MR) is 128 cm³/mol. The molecule has 182 valence electrons. The van der Waals surface area contributed by atoms with Gasteiger partial charge in [-0.05, 0) is 75.6 Å². The van der Waals surface area contributed by atoms with Crippen LogP contribution in [0.4, 0.5) is 9.18 Å². The summed E-state index contributed by atoms with van der Waals surface area (Å²) in [6.07, 6.45) is 6.55. The number of aromatic nitrogens is 4. The summed E-state index contributed by atoms with van der Waals surface area (Å²) in [6.45, 7) is 6.93. The van der Waals surface area contributed by atoms with Gasteiger partial charge in [-0.1, -0.05) is 5.57 Å². The lowest BCUT2D eigenvalue weighted by Gasteiger charge is -2.46. The first-order valence-electron chi connectivity index (χ1n) is 11.6. The van der Waals surface area contributed by atoms with Crippen molar-refractivity contribution in [1.82, 2.24) is 24.9 Å². The molecule has 1 saturated heterocycles. The van der Waals surface area contributed by atoms with Crippen LogP contribution in [-0.4, -0.2) is 56.3 Å². The summed E-state index contributed by atoms with van der Waals surface area (Å²) in [6, 6.07) is 9.82. The Labute approximate surface area is 203 Å². The molecule has 0 unspecified atom stereocenters. The minimum absolute atomic E-state index is 0.289. The van der Waals surface area contributed by atoms with Crippen LogP contribution in [0.25, 0.3) is 11.8 Å². The molecule has 3 aromatic rings. The van der Waals surface area contributed by atoms with Gasteiger partial charge in [0.2, 0.25) is 5.88 Å². The fraction of sp³-hybridized carbons (Fsp3) is 0.385. The first-order chi connectivity index (χ1) is 16.7. The monoisotopic (exact) mass is 477 g/mol. The summed E-state index contributed by atoms with van der Waals surface area (Å²) in [7, 11) is 0. The third-order valence-corrected chi connectivity index (χ3v) is 6.32. The Balaban J connectivity index is 1.48. The highest BCUT2D eigenvalue weighted by atomic mass is 19.1. The number of ether oxygens (including phenoxy) is 2. The zero-order valence-electron chi connectivity index (χ0n) is 20.1. The van der Waals surface area contributed by atoms with Crippen molar-refractivity contribution in [2.24, 2.45) is 5.41 Å². The molecular formula is C26H28FN5O3. The maximum atomic E-state index is 13.5. The summed E-state index contributed by atoms with van der Waals surface area (Å²) in [5, 5.41) is 12.5. The highest BCUT2D eigenvalue weighted by Crippen LogP contribution is 2.44. The SMILES string of the molecule is CC(C)(C)OC(=O)N1CCC2=Cc3c(cnn3-c3ccc(F)cc3)C[C@]2(COc2cccnn2)C1. The average Bonchev–Trinajstić information content (AvgIpc) is 3.23. The fourth-order valence-electron chi connectivity index (χ4n) is 4.71. The number of carbonyl (C=O) groups is 1. The van der Waals surface area contributed by atoms with Crippen molar-refractivity contribution in [3.63, 3.8) is 0 Å². The number of piperidine rings is 1. The molecule has 1 amide bonds. The molecule has 0 N–H and O–H groups in total. The van der Waals surface area contributed by atoms with Crippen LogP contribution in [0.2, 0.25) is 0 Å². The van der Waals surface area contributed by atoms with E-state index in [-0.39, 0.29) is 11.9 Å². The van der Waals surface area contributed by atoms with Crippen molar-refractivity contribution < 1.29 is 18.7 Å². The molecule has 1 atom stereocenters. The smallest absolute Gasteiger partial charge is 0.410 e. The molecule has 2 aliphatic rings. The Morgan fingerprint density at radius 3 is 2.71 bits per heavy atom. The maximum Gasteiger partial charge on any atom is 0.410 e. The van der Waals surface area contributed by atoms with Gasteiger partial charge in [0.1, 0.15) is 18.0 Å². The van der Waals surface area contributed by atoms with Crippen molar-refractivity contribution >= 4 is 12.2 Å². The van der Waals surface area contributed by atoms with E-state index in [1.165, 1.54) is 17.7 Å². The highest BCUT2D eigenvalue weighted by Gasteiger charge is 2.45. The third-order valence-electron chi connectivity index (χ3n) is 6.32. The van der Waals surface area contributed by atoms with Crippen LogP contribution in [0.15, 0.2) is 54.4 Å². The van der Waals surface area contributed by atoms with Gasteiger partial charge in [-0.3, -0.25) is 0 Å². The number of nitrogens with zero attached hydrogens (tertiary/aromatic N) is 5. The van der Waals surface area contributed by atoms with Crippen LogP contribution in [0.3, 0.4) is 0 Å². The molecule has 3 heterocycles. The summed E-state index contributed by atoms with van der Waals surface area (Å²) < 4.78 is 27.0. The van der Waals surface area contributed by atoms with Crippen LogP contribution in [-0.2, 0) is 11.2 Å². The standard InChI is InChI=1S/C26H28FN5O3/c1-25(2,3)35-24(33)31-12-10-19-13-22-18(15-29-32(22)21-8-6-20(27)7-9-21)14-26(19,16-31)17-34-23-5-4-11-28-30-23/h4-9,11,13,15H,10,12,14,16-17H2,1-3H3/t26-/m1/s1. The van der Waals surface area contributed by atoms with Gasteiger partial charge in [0.25, 0.3) is 0 Å². The van der Waals surface area contributed by atoms with Gasteiger partial charge < -0.3 is 14.4 Å². The van der Waals surface area contributed by atoms with Gasteiger partial charge in [-0.2, -0.15) is 10.2 Å². The van der Waals surface area contributed by atoms with Crippen molar-refractivity contribution in [2.45, 2.75) is 39.2 Å². The molecule has 0 bridgehead atoms. The van der Waals surface area contributed by atoms with E-state index in [2.05, 4.69) is 21.4 Å². The lowest BCUT2D eigenvalue weighted by molar-refractivity contribution is 0.00718. The second-order valence-corrected chi connectivity index (χ2v) is 10.1. The number of hydrogen-bond acceptors (Lipinski definition) is 6. The van der Waals surface area contributed by atoms with Crippen LogP contribution in [0.5, 0.6) is 5.88 Å². The Bertz CT molecular complexity index is 1250. The molecule has 1 fully saturated rings. The van der Waals surface area contributed by atoms with E-state index in [1.54, 1.807) is 35.4 Å². The molecule has 9 heteroatoms. The molecule has 5 rings (SSSR count). The number of fused-ring (bicyclic) bond motifs is 2. The van der Waals surface area contributed by atoms with Crippen LogP contribution >= 0.6 is 0 Å². The van der Waals surface area contributed by atoms with Gasteiger partial charge in [0, 0.05) is 30.8 Å². The van der Waals surface area contributed by atoms with E-state index >= 15 is 0 Å². The Kier molecular flexibility index (Phi) is 5.78. The molecule has 0 spiro atoms. The zero-order chi connectivity index (χ0) is 24.6. The number of hydrogen-bond donors (Lipinski definition) is 0. The van der Waals surface area contributed by atoms with Gasteiger partial charge >= 0.3 is 6.09 Å². The largest absolute Gasteiger partial charge is 0.476 e. The summed E-state index contributed by atoms with van der Waals surface area (Å²) in [5.74, 6) is 0.145.